The van der Waals surface area contributed by atoms with Crippen LogP contribution in [0.5, 0.6) is 0 Å². The molecule has 0 saturated carbocycles. The molecule has 0 aliphatic carbocycles. The molecule has 6 heteroatoms. The van der Waals surface area contributed by atoms with Crippen LogP contribution < -0.4 is 0 Å². The third-order valence-electron chi connectivity index (χ3n) is 2.47. The Morgan fingerprint density at radius 1 is 1.33 bits per heavy atom. The zero-order valence-electron chi connectivity index (χ0n) is 9.89. The van der Waals surface area contributed by atoms with Crippen molar-refractivity contribution in [1.82, 2.24) is 9.78 Å². The van der Waals surface area contributed by atoms with Crippen LogP contribution in [-0.2, 0) is 9.84 Å². The van der Waals surface area contributed by atoms with Gasteiger partial charge in [-0.15, -0.1) is 0 Å². The minimum absolute atomic E-state index is 0.298. The lowest BCUT2D eigenvalue weighted by atomic mass is 10.2. The van der Waals surface area contributed by atoms with Gasteiger partial charge in [0, 0.05) is 18.0 Å². The van der Waals surface area contributed by atoms with E-state index in [0.29, 0.717) is 5.56 Å². The highest BCUT2D eigenvalue weighted by Gasteiger charge is 2.16. The summed E-state index contributed by atoms with van der Waals surface area (Å²) in [5, 5.41) is 13.9. The molecular weight excluding hydrogens is 252 g/mol. The number of aromatic nitrogens is 2. The van der Waals surface area contributed by atoms with E-state index in [9.17, 15) is 13.5 Å². The van der Waals surface area contributed by atoms with Crippen LogP contribution in [0.4, 0.5) is 0 Å². The van der Waals surface area contributed by atoms with Gasteiger partial charge in [-0.2, -0.15) is 5.10 Å². The quantitative estimate of drug-likeness (QED) is 0.894. The molecule has 1 unspecified atom stereocenters. The van der Waals surface area contributed by atoms with Gasteiger partial charge in [0.05, 0.1) is 23.7 Å². The number of hydrogen-bond acceptors (Lipinski definition) is 4. The molecule has 2 aromatic rings. The largest absolute Gasteiger partial charge is 0.387 e. The Morgan fingerprint density at radius 3 is 2.61 bits per heavy atom. The number of aliphatic hydroxyl groups excluding tert-OH is 1. The van der Waals surface area contributed by atoms with Crippen LogP contribution in [0.25, 0.3) is 5.69 Å². The summed E-state index contributed by atoms with van der Waals surface area (Å²) in [7, 11) is -3.21. The lowest BCUT2D eigenvalue weighted by Crippen LogP contribution is -2.12. The van der Waals surface area contributed by atoms with E-state index in [1.807, 2.05) is 30.3 Å². The first kappa shape index (κ1) is 12.8. The molecule has 0 spiro atoms. The molecule has 1 heterocycles. The maximum Gasteiger partial charge on any atom is 0.150 e. The third-order valence-corrected chi connectivity index (χ3v) is 3.39. The zero-order chi connectivity index (χ0) is 13.2. The van der Waals surface area contributed by atoms with Gasteiger partial charge in [-0.05, 0) is 12.1 Å². The second kappa shape index (κ2) is 4.91. The van der Waals surface area contributed by atoms with Gasteiger partial charge in [-0.1, -0.05) is 18.2 Å². The maximum atomic E-state index is 11.1. The fraction of sp³-hybridized carbons (Fsp3) is 0.250. The van der Waals surface area contributed by atoms with Crippen molar-refractivity contribution in [2.24, 2.45) is 0 Å². The number of nitrogens with zero attached hydrogens (tertiary/aromatic N) is 2. The fourth-order valence-corrected chi connectivity index (χ4v) is 2.38. The Kier molecular flexibility index (Phi) is 3.49. The minimum atomic E-state index is -3.21. The molecule has 0 aliphatic rings. The molecule has 0 amide bonds. The van der Waals surface area contributed by atoms with Gasteiger partial charge in [-0.3, -0.25) is 0 Å². The van der Waals surface area contributed by atoms with Gasteiger partial charge in [0.2, 0.25) is 0 Å². The molecule has 5 nitrogen and oxygen atoms in total. The zero-order valence-corrected chi connectivity index (χ0v) is 10.7. The summed E-state index contributed by atoms with van der Waals surface area (Å²) in [6.45, 7) is 0. The minimum Gasteiger partial charge on any atom is -0.387 e. The molecule has 1 atom stereocenters. The number of para-hydroxylation sites is 1. The van der Waals surface area contributed by atoms with E-state index in [2.05, 4.69) is 5.10 Å². The molecule has 96 valence electrons. The summed E-state index contributed by atoms with van der Waals surface area (Å²) < 4.78 is 23.8. The molecule has 1 aromatic heterocycles. The summed E-state index contributed by atoms with van der Waals surface area (Å²) in [6.07, 6.45) is 3.16. The smallest absolute Gasteiger partial charge is 0.150 e. The van der Waals surface area contributed by atoms with Crippen LogP contribution in [-0.4, -0.2) is 35.3 Å². The molecule has 2 rings (SSSR count). The van der Waals surface area contributed by atoms with Crippen LogP contribution in [0.15, 0.2) is 42.7 Å². The molecule has 0 aliphatic heterocycles. The monoisotopic (exact) mass is 266 g/mol. The molecule has 1 aromatic carbocycles. The topological polar surface area (TPSA) is 72.2 Å². The van der Waals surface area contributed by atoms with E-state index in [1.54, 1.807) is 10.9 Å². The highest BCUT2D eigenvalue weighted by atomic mass is 32.2. The Morgan fingerprint density at radius 2 is 2.00 bits per heavy atom. The number of sulfone groups is 1. The SMILES string of the molecule is CS(=O)(=O)CC(O)c1cnn(-c2ccccc2)c1. The van der Waals surface area contributed by atoms with Crippen LogP contribution in [0.1, 0.15) is 11.7 Å². The molecule has 0 radical (unpaired) electrons. The first-order valence-corrected chi connectivity index (χ1v) is 7.47. The molecule has 0 fully saturated rings. The van der Waals surface area contributed by atoms with Crippen LogP contribution in [0.2, 0.25) is 0 Å². The molecule has 0 bridgehead atoms. The predicted octanol–water partition coefficient (Wildman–Crippen LogP) is 0.950. The van der Waals surface area contributed by atoms with Crippen molar-refractivity contribution in [2.75, 3.05) is 12.0 Å². The van der Waals surface area contributed by atoms with E-state index >= 15 is 0 Å². The lowest BCUT2D eigenvalue weighted by molar-refractivity contribution is 0.202. The van der Waals surface area contributed by atoms with E-state index < -0.39 is 15.9 Å². The summed E-state index contributed by atoms with van der Waals surface area (Å²) in [6, 6.07) is 9.40. The van der Waals surface area contributed by atoms with E-state index in [-0.39, 0.29) is 5.75 Å². The second-order valence-electron chi connectivity index (χ2n) is 4.16. The number of hydrogen-bond donors (Lipinski definition) is 1. The Balaban J connectivity index is 2.21. The van der Waals surface area contributed by atoms with E-state index in [4.69, 9.17) is 0 Å². The van der Waals surface area contributed by atoms with Crippen molar-refractivity contribution in [3.63, 3.8) is 0 Å². The Labute approximate surface area is 106 Å². The maximum absolute atomic E-state index is 11.1. The second-order valence-corrected chi connectivity index (χ2v) is 6.35. The Bertz CT molecular complexity index is 620. The van der Waals surface area contributed by atoms with Crippen LogP contribution in [0.3, 0.4) is 0 Å². The van der Waals surface area contributed by atoms with Gasteiger partial charge in [0.25, 0.3) is 0 Å². The van der Waals surface area contributed by atoms with Crippen molar-refractivity contribution in [1.29, 1.82) is 0 Å². The van der Waals surface area contributed by atoms with Gasteiger partial charge < -0.3 is 5.11 Å². The highest BCUT2D eigenvalue weighted by Crippen LogP contribution is 2.16. The van der Waals surface area contributed by atoms with Crippen molar-refractivity contribution in [2.45, 2.75) is 6.10 Å². The normalized spacial score (nSPS) is 13.4. The molecular formula is C12H14N2O3S. The average molecular weight is 266 g/mol. The standard InChI is InChI=1S/C12H14N2O3S/c1-18(16,17)9-12(15)10-7-13-14(8-10)11-5-3-2-4-6-11/h2-8,12,15H,9H2,1H3. The summed E-state index contributed by atoms with van der Waals surface area (Å²) in [5.74, 6) is -0.298. The van der Waals surface area contributed by atoms with E-state index in [1.165, 1.54) is 6.20 Å². The summed E-state index contributed by atoms with van der Waals surface area (Å²) >= 11 is 0. The van der Waals surface area contributed by atoms with Crippen molar-refractivity contribution in [3.8, 4) is 5.69 Å². The van der Waals surface area contributed by atoms with Crippen molar-refractivity contribution >= 4 is 9.84 Å². The van der Waals surface area contributed by atoms with Crippen LogP contribution in [0, 0.1) is 0 Å². The molecule has 1 N–H and O–H groups in total. The first-order valence-electron chi connectivity index (χ1n) is 5.41. The van der Waals surface area contributed by atoms with Gasteiger partial charge in [0.15, 0.2) is 0 Å². The third kappa shape index (κ3) is 3.18. The predicted molar refractivity (Wildman–Crippen MR) is 68.2 cm³/mol. The highest BCUT2D eigenvalue weighted by molar-refractivity contribution is 7.90. The van der Waals surface area contributed by atoms with Crippen LogP contribution >= 0.6 is 0 Å². The van der Waals surface area contributed by atoms with Gasteiger partial charge in [-0.25, -0.2) is 13.1 Å². The average Bonchev–Trinajstić information content (AvgIpc) is 2.77. The number of benzene rings is 1. The van der Waals surface area contributed by atoms with Crippen molar-refractivity contribution < 1.29 is 13.5 Å². The van der Waals surface area contributed by atoms with Gasteiger partial charge >= 0.3 is 0 Å². The fourth-order valence-electron chi connectivity index (χ4n) is 1.61. The lowest BCUT2D eigenvalue weighted by Gasteiger charge is -2.05. The van der Waals surface area contributed by atoms with E-state index in [0.717, 1.165) is 11.9 Å². The number of aliphatic hydroxyl groups is 1. The molecule has 0 saturated heterocycles. The summed E-state index contributed by atoms with van der Waals surface area (Å²) in [4.78, 5) is 0. The number of rotatable bonds is 4. The molecule has 18 heavy (non-hydrogen) atoms. The van der Waals surface area contributed by atoms with Crippen molar-refractivity contribution in [3.05, 3.63) is 48.3 Å². The Hall–Kier alpha value is -1.66. The van der Waals surface area contributed by atoms with Gasteiger partial charge in [0.1, 0.15) is 9.84 Å². The summed E-state index contributed by atoms with van der Waals surface area (Å²) in [5.41, 5.74) is 1.35. The first-order chi connectivity index (χ1) is 8.46.